The van der Waals surface area contributed by atoms with Crippen molar-refractivity contribution in [1.29, 1.82) is 0 Å². The van der Waals surface area contributed by atoms with E-state index < -0.39 is 0 Å². The van der Waals surface area contributed by atoms with Crippen molar-refractivity contribution in [2.45, 2.75) is 20.3 Å². The molecular formula is C18H19N. The summed E-state index contributed by atoms with van der Waals surface area (Å²) in [6, 6.07) is 15.4. The molecule has 0 fully saturated rings. The van der Waals surface area contributed by atoms with E-state index in [9.17, 15) is 0 Å². The summed E-state index contributed by atoms with van der Waals surface area (Å²) in [6.45, 7) is 5.15. The predicted molar refractivity (Wildman–Crippen MR) is 82.6 cm³/mol. The Bertz CT molecular complexity index is 634. The lowest BCUT2D eigenvalue weighted by atomic mass is 10.1. The van der Waals surface area contributed by atoms with Crippen molar-refractivity contribution in [3.05, 3.63) is 65.2 Å². The van der Waals surface area contributed by atoms with E-state index in [2.05, 4.69) is 67.7 Å². The number of benzene rings is 2. The standard InChI is InChI=1S/C18H19N/c1-13(2)9-10-19-16-7-8-18-15(12-16)11-14-5-3-4-6-17(14)18/h3-9,12,19H,10-11H2,1-2H3. The minimum absolute atomic E-state index is 0.897. The van der Waals surface area contributed by atoms with E-state index in [1.807, 2.05) is 0 Å². The Morgan fingerprint density at radius 2 is 1.84 bits per heavy atom. The third-order valence-corrected chi connectivity index (χ3v) is 3.61. The zero-order chi connectivity index (χ0) is 13.2. The summed E-state index contributed by atoms with van der Waals surface area (Å²) in [4.78, 5) is 0. The van der Waals surface area contributed by atoms with E-state index in [4.69, 9.17) is 0 Å². The van der Waals surface area contributed by atoms with Gasteiger partial charge in [0.25, 0.3) is 0 Å². The summed E-state index contributed by atoms with van der Waals surface area (Å²) in [5.41, 5.74) is 8.23. The fourth-order valence-electron chi connectivity index (χ4n) is 2.63. The molecule has 0 heterocycles. The van der Waals surface area contributed by atoms with E-state index in [-0.39, 0.29) is 0 Å². The van der Waals surface area contributed by atoms with Gasteiger partial charge in [0.1, 0.15) is 0 Å². The van der Waals surface area contributed by atoms with Crippen molar-refractivity contribution in [3.63, 3.8) is 0 Å². The molecule has 1 aliphatic rings. The Morgan fingerprint density at radius 1 is 1.05 bits per heavy atom. The van der Waals surface area contributed by atoms with Crippen LogP contribution < -0.4 is 5.32 Å². The van der Waals surface area contributed by atoms with Crippen LogP contribution >= 0.6 is 0 Å². The largest absolute Gasteiger partial charge is 0.382 e. The van der Waals surface area contributed by atoms with Crippen molar-refractivity contribution in [3.8, 4) is 11.1 Å². The Labute approximate surface area is 115 Å². The molecule has 96 valence electrons. The lowest BCUT2D eigenvalue weighted by molar-refractivity contribution is 1.24. The Kier molecular flexibility index (Phi) is 3.12. The second-order valence-electron chi connectivity index (χ2n) is 5.37. The van der Waals surface area contributed by atoms with Crippen LogP contribution in [0.2, 0.25) is 0 Å². The fraction of sp³-hybridized carbons (Fsp3) is 0.222. The summed E-state index contributed by atoms with van der Waals surface area (Å²) < 4.78 is 0. The first-order valence-electron chi connectivity index (χ1n) is 6.82. The molecule has 0 aromatic heterocycles. The molecule has 0 aliphatic heterocycles. The van der Waals surface area contributed by atoms with E-state index in [0.717, 1.165) is 13.0 Å². The topological polar surface area (TPSA) is 12.0 Å². The van der Waals surface area contributed by atoms with Crippen LogP contribution in [0, 0.1) is 0 Å². The summed E-state index contributed by atoms with van der Waals surface area (Å²) in [5.74, 6) is 0. The van der Waals surface area contributed by atoms with Crippen LogP contribution in [0.1, 0.15) is 25.0 Å². The predicted octanol–water partition coefficient (Wildman–Crippen LogP) is 4.64. The number of rotatable bonds is 3. The molecule has 0 atom stereocenters. The highest BCUT2D eigenvalue weighted by molar-refractivity contribution is 5.78. The monoisotopic (exact) mass is 249 g/mol. The molecule has 0 saturated carbocycles. The van der Waals surface area contributed by atoms with Crippen LogP contribution in [0.4, 0.5) is 5.69 Å². The summed E-state index contributed by atoms with van der Waals surface area (Å²) in [7, 11) is 0. The molecule has 0 amide bonds. The normalized spacial score (nSPS) is 11.7. The second-order valence-corrected chi connectivity index (χ2v) is 5.37. The molecule has 1 heteroatoms. The first-order valence-corrected chi connectivity index (χ1v) is 6.82. The highest BCUT2D eigenvalue weighted by Gasteiger charge is 2.17. The molecular weight excluding hydrogens is 230 g/mol. The summed E-state index contributed by atoms with van der Waals surface area (Å²) in [6.07, 6.45) is 3.27. The van der Waals surface area contributed by atoms with Gasteiger partial charge in [-0.2, -0.15) is 0 Å². The maximum atomic E-state index is 3.46. The molecule has 2 aromatic carbocycles. The molecule has 0 saturated heterocycles. The van der Waals surface area contributed by atoms with Crippen molar-refractivity contribution < 1.29 is 0 Å². The number of fused-ring (bicyclic) bond motifs is 3. The lowest BCUT2D eigenvalue weighted by Crippen LogP contribution is -1.99. The quantitative estimate of drug-likeness (QED) is 0.667. The molecule has 1 nitrogen and oxygen atoms in total. The molecule has 1 N–H and O–H groups in total. The van der Waals surface area contributed by atoms with Crippen LogP contribution in [-0.2, 0) is 6.42 Å². The number of nitrogens with one attached hydrogen (secondary N) is 1. The maximum absolute atomic E-state index is 3.46. The SMILES string of the molecule is CC(C)=CCNc1ccc2c(c1)Cc1ccccc1-2. The fourth-order valence-corrected chi connectivity index (χ4v) is 2.63. The molecule has 1 aliphatic carbocycles. The minimum atomic E-state index is 0.897. The first kappa shape index (κ1) is 12.0. The zero-order valence-electron chi connectivity index (χ0n) is 11.5. The van der Waals surface area contributed by atoms with Gasteiger partial charge in [-0.3, -0.25) is 0 Å². The van der Waals surface area contributed by atoms with Crippen LogP contribution in [0.3, 0.4) is 0 Å². The maximum Gasteiger partial charge on any atom is 0.0345 e. The molecule has 0 bridgehead atoms. The van der Waals surface area contributed by atoms with Gasteiger partial charge in [0.2, 0.25) is 0 Å². The Morgan fingerprint density at radius 3 is 2.68 bits per heavy atom. The van der Waals surface area contributed by atoms with E-state index in [1.54, 1.807) is 0 Å². The van der Waals surface area contributed by atoms with Crippen molar-refractivity contribution in [1.82, 2.24) is 0 Å². The van der Waals surface area contributed by atoms with Gasteiger partial charge in [0.05, 0.1) is 0 Å². The smallest absolute Gasteiger partial charge is 0.0345 e. The van der Waals surface area contributed by atoms with E-state index in [1.165, 1.54) is 33.5 Å². The summed E-state index contributed by atoms with van der Waals surface area (Å²) >= 11 is 0. The summed E-state index contributed by atoms with van der Waals surface area (Å²) in [5, 5.41) is 3.46. The lowest BCUT2D eigenvalue weighted by Gasteiger charge is -2.07. The van der Waals surface area contributed by atoms with Gasteiger partial charge in [-0.1, -0.05) is 42.0 Å². The number of anilines is 1. The van der Waals surface area contributed by atoms with Crippen molar-refractivity contribution in [2.75, 3.05) is 11.9 Å². The highest BCUT2D eigenvalue weighted by atomic mass is 14.9. The van der Waals surface area contributed by atoms with Crippen LogP contribution in [0.25, 0.3) is 11.1 Å². The number of allylic oxidation sites excluding steroid dienone is 1. The Balaban J connectivity index is 1.83. The van der Waals surface area contributed by atoms with Gasteiger partial charge in [-0.25, -0.2) is 0 Å². The van der Waals surface area contributed by atoms with E-state index in [0.29, 0.717) is 0 Å². The van der Waals surface area contributed by atoms with Gasteiger partial charge in [0.15, 0.2) is 0 Å². The van der Waals surface area contributed by atoms with Gasteiger partial charge in [-0.15, -0.1) is 0 Å². The van der Waals surface area contributed by atoms with Gasteiger partial charge in [0, 0.05) is 12.2 Å². The average molecular weight is 249 g/mol. The van der Waals surface area contributed by atoms with Crippen molar-refractivity contribution >= 4 is 5.69 Å². The Hall–Kier alpha value is -2.02. The molecule has 0 unspecified atom stereocenters. The molecule has 0 spiro atoms. The number of hydrogen-bond acceptors (Lipinski definition) is 1. The first-order chi connectivity index (χ1) is 9.24. The van der Waals surface area contributed by atoms with Crippen LogP contribution in [-0.4, -0.2) is 6.54 Å². The highest BCUT2D eigenvalue weighted by Crippen LogP contribution is 2.37. The van der Waals surface area contributed by atoms with Gasteiger partial charge < -0.3 is 5.32 Å². The van der Waals surface area contributed by atoms with Crippen LogP contribution in [0.15, 0.2) is 54.1 Å². The second kappa shape index (κ2) is 4.93. The molecule has 3 rings (SSSR count). The minimum Gasteiger partial charge on any atom is -0.382 e. The van der Waals surface area contributed by atoms with Crippen molar-refractivity contribution in [2.24, 2.45) is 0 Å². The molecule has 0 radical (unpaired) electrons. The van der Waals surface area contributed by atoms with E-state index >= 15 is 0 Å². The average Bonchev–Trinajstić information content (AvgIpc) is 2.76. The zero-order valence-corrected chi connectivity index (χ0v) is 11.5. The molecule has 19 heavy (non-hydrogen) atoms. The number of hydrogen-bond donors (Lipinski definition) is 1. The van der Waals surface area contributed by atoms with Gasteiger partial charge in [-0.05, 0) is 54.7 Å². The third kappa shape index (κ3) is 2.41. The third-order valence-electron chi connectivity index (χ3n) is 3.61. The molecule has 2 aromatic rings. The van der Waals surface area contributed by atoms with Crippen LogP contribution in [0.5, 0.6) is 0 Å². The van der Waals surface area contributed by atoms with Gasteiger partial charge >= 0.3 is 0 Å².